The maximum atomic E-state index is 11.2. The highest BCUT2D eigenvalue weighted by molar-refractivity contribution is 5.59. The molecule has 2 heterocycles. The van der Waals surface area contributed by atoms with Gasteiger partial charge in [-0.05, 0) is 20.8 Å². The van der Waals surface area contributed by atoms with Gasteiger partial charge in [0.2, 0.25) is 5.82 Å². The predicted octanol–water partition coefficient (Wildman–Crippen LogP) is 1.42. The normalized spacial score (nSPS) is 11.1. The van der Waals surface area contributed by atoms with E-state index in [0.717, 1.165) is 0 Å². The van der Waals surface area contributed by atoms with Crippen LogP contribution < -0.4 is 5.32 Å². The number of nitrogens with one attached hydrogen (secondary N) is 1. The number of nitrogens with zero attached hydrogens (tertiary/aromatic N) is 6. The third-order valence-corrected chi connectivity index (χ3v) is 2.79. The summed E-state index contributed by atoms with van der Waals surface area (Å²) < 4.78 is 3.19. The zero-order valence-corrected chi connectivity index (χ0v) is 11.9. The molecule has 2 aromatic heterocycles. The lowest BCUT2D eigenvalue weighted by molar-refractivity contribution is -0.384. The molecule has 0 atom stereocenters. The van der Waals surface area contributed by atoms with Crippen LogP contribution in [0.3, 0.4) is 0 Å². The highest BCUT2D eigenvalue weighted by Gasteiger charge is 2.26. The fraction of sp³-hybridized carbons (Fsp3) is 0.545. The summed E-state index contributed by atoms with van der Waals surface area (Å²) in [6.45, 7) is 5.77. The fourth-order valence-electron chi connectivity index (χ4n) is 1.92. The first-order valence-corrected chi connectivity index (χ1v) is 6.22. The van der Waals surface area contributed by atoms with E-state index >= 15 is 0 Å². The highest BCUT2D eigenvalue weighted by Crippen LogP contribution is 2.30. The lowest BCUT2D eigenvalue weighted by Crippen LogP contribution is -2.11. The fourth-order valence-corrected chi connectivity index (χ4v) is 1.92. The van der Waals surface area contributed by atoms with Gasteiger partial charge in [0.25, 0.3) is 0 Å². The second-order valence-electron chi connectivity index (χ2n) is 4.77. The number of hydrogen-bond donors (Lipinski definition) is 1. The molecule has 0 aliphatic carbocycles. The average Bonchev–Trinajstić information content (AvgIpc) is 2.90. The van der Waals surface area contributed by atoms with Crippen LogP contribution in [0.2, 0.25) is 0 Å². The molecule has 1 N–H and O–H groups in total. The molecule has 0 spiro atoms. The molecule has 0 bridgehead atoms. The van der Waals surface area contributed by atoms with Gasteiger partial charge in [-0.1, -0.05) is 0 Å². The van der Waals surface area contributed by atoms with Crippen molar-refractivity contribution in [2.45, 2.75) is 33.4 Å². The molecule has 0 aliphatic heterocycles. The summed E-state index contributed by atoms with van der Waals surface area (Å²) in [7, 11) is 1.77. The van der Waals surface area contributed by atoms with E-state index in [2.05, 4.69) is 20.5 Å². The molecule has 2 aromatic rings. The Kier molecular flexibility index (Phi) is 3.68. The van der Waals surface area contributed by atoms with Crippen molar-refractivity contribution in [3.63, 3.8) is 0 Å². The van der Waals surface area contributed by atoms with Gasteiger partial charge in [-0.3, -0.25) is 14.8 Å². The summed E-state index contributed by atoms with van der Waals surface area (Å²) in [5.41, 5.74) is 0.384. The smallest absolute Gasteiger partial charge is 0.333 e. The topological polar surface area (TPSA) is 104 Å². The van der Waals surface area contributed by atoms with E-state index in [9.17, 15) is 10.1 Å². The second kappa shape index (κ2) is 5.27. The van der Waals surface area contributed by atoms with Gasteiger partial charge in [-0.15, -0.1) is 0 Å². The molecule has 0 aliphatic rings. The lowest BCUT2D eigenvalue weighted by atomic mass is 10.3. The van der Waals surface area contributed by atoms with E-state index in [1.165, 1.54) is 0 Å². The molecule has 2 rings (SSSR count). The van der Waals surface area contributed by atoms with Crippen LogP contribution in [0.25, 0.3) is 0 Å². The van der Waals surface area contributed by atoms with Crippen LogP contribution in [0.1, 0.15) is 31.4 Å². The molecule has 108 valence electrons. The molecule has 0 unspecified atom stereocenters. The Balaban J connectivity index is 2.31. The van der Waals surface area contributed by atoms with Crippen LogP contribution in [0.5, 0.6) is 0 Å². The van der Waals surface area contributed by atoms with Gasteiger partial charge < -0.3 is 5.32 Å². The SMILES string of the molecule is Cc1nn(C(C)C)c(NCc2ncn(C)n2)c1[N+](=O)[O-]. The summed E-state index contributed by atoms with van der Waals surface area (Å²) in [6.07, 6.45) is 1.58. The minimum Gasteiger partial charge on any atom is -0.357 e. The number of nitro groups is 1. The zero-order valence-electron chi connectivity index (χ0n) is 11.9. The number of aromatic nitrogens is 5. The van der Waals surface area contributed by atoms with Crippen molar-refractivity contribution in [3.8, 4) is 0 Å². The van der Waals surface area contributed by atoms with E-state index in [1.807, 2.05) is 13.8 Å². The standard InChI is InChI=1S/C11H17N7O2/c1-7(2)17-11(10(18(19)20)8(3)14-17)12-5-9-13-6-16(4)15-9/h6-7,12H,5H2,1-4H3. The molecule has 9 nitrogen and oxygen atoms in total. The average molecular weight is 279 g/mol. The van der Waals surface area contributed by atoms with E-state index in [4.69, 9.17) is 0 Å². The summed E-state index contributed by atoms with van der Waals surface area (Å²) in [5.74, 6) is 0.950. The van der Waals surface area contributed by atoms with Crippen molar-refractivity contribution in [1.82, 2.24) is 24.5 Å². The third-order valence-electron chi connectivity index (χ3n) is 2.79. The van der Waals surface area contributed by atoms with E-state index in [0.29, 0.717) is 23.9 Å². The Labute approximate surface area is 115 Å². The minimum atomic E-state index is -0.421. The maximum Gasteiger partial charge on any atom is 0.333 e. The molecular weight excluding hydrogens is 262 g/mol. The lowest BCUT2D eigenvalue weighted by Gasteiger charge is -2.10. The van der Waals surface area contributed by atoms with Gasteiger partial charge in [-0.25, -0.2) is 9.67 Å². The molecule has 0 saturated carbocycles. The molecule has 0 radical (unpaired) electrons. The number of anilines is 1. The molecule has 0 aromatic carbocycles. The summed E-state index contributed by atoms with van der Waals surface area (Å²) in [6, 6.07) is 0.0154. The quantitative estimate of drug-likeness (QED) is 0.655. The molecule has 0 saturated heterocycles. The van der Waals surface area contributed by atoms with Crippen LogP contribution in [-0.4, -0.2) is 29.5 Å². The first kappa shape index (κ1) is 14.0. The molecule has 0 fully saturated rings. The van der Waals surface area contributed by atoms with Gasteiger partial charge in [0.15, 0.2) is 5.82 Å². The Morgan fingerprint density at radius 1 is 1.45 bits per heavy atom. The second-order valence-corrected chi connectivity index (χ2v) is 4.77. The van der Waals surface area contributed by atoms with Gasteiger partial charge in [0.05, 0.1) is 11.5 Å². The van der Waals surface area contributed by atoms with E-state index < -0.39 is 4.92 Å². The Bertz CT molecular complexity index is 629. The van der Waals surface area contributed by atoms with Gasteiger partial charge in [0.1, 0.15) is 12.0 Å². The van der Waals surface area contributed by atoms with Gasteiger partial charge in [-0.2, -0.15) is 10.2 Å². The molecule has 20 heavy (non-hydrogen) atoms. The van der Waals surface area contributed by atoms with Gasteiger partial charge in [0, 0.05) is 13.1 Å². The van der Waals surface area contributed by atoms with E-state index in [-0.39, 0.29) is 11.7 Å². The zero-order chi connectivity index (χ0) is 14.9. The monoisotopic (exact) mass is 279 g/mol. The van der Waals surface area contributed by atoms with Crippen molar-refractivity contribution in [3.05, 3.63) is 28.0 Å². The largest absolute Gasteiger partial charge is 0.357 e. The van der Waals surface area contributed by atoms with Crippen molar-refractivity contribution in [2.75, 3.05) is 5.32 Å². The van der Waals surface area contributed by atoms with Crippen LogP contribution in [0.4, 0.5) is 11.5 Å². The minimum absolute atomic E-state index is 0.00497. The van der Waals surface area contributed by atoms with Crippen LogP contribution in [0, 0.1) is 17.0 Å². The first-order chi connectivity index (χ1) is 9.40. The van der Waals surface area contributed by atoms with Crippen LogP contribution >= 0.6 is 0 Å². The summed E-state index contributed by atoms with van der Waals surface area (Å²) >= 11 is 0. The summed E-state index contributed by atoms with van der Waals surface area (Å²) in [5, 5.41) is 22.5. The first-order valence-electron chi connectivity index (χ1n) is 6.22. The molecular formula is C11H17N7O2. The Morgan fingerprint density at radius 3 is 2.65 bits per heavy atom. The van der Waals surface area contributed by atoms with Crippen LogP contribution in [0.15, 0.2) is 6.33 Å². The van der Waals surface area contributed by atoms with Crippen molar-refractivity contribution in [2.24, 2.45) is 7.05 Å². The van der Waals surface area contributed by atoms with Crippen LogP contribution in [-0.2, 0) is 13.6 Å². The van der Waals surface area contributed by atoms with Crippen molar-refractivity contribution in [1.29, 1.82) is 0 Å². The maximum absolute atomic E-state index is 11.2. The number of aryl methyl sites for hydroxylation is 2. The Hall–Kier alpha value is -2.45. The molecule has 0 amide bonds. The summed E-state index contributed by atoms with van der Waals surface area (Å²) in [4.78, 5) is 14.8. The highest BCUT2D eigenvalue weighted by atomic mass is 16.6. The van der Waals surface area contributed by atoms with Gasteiger partial charge >= 0.3 is 5.69 Å². The third kappa shape index (κ3) is 2.60. The predicted molar refractivity (Wildman–Crippen MR) is 72.3 cm³/mol. The van der Waals surface area contributed by atoms with Crippen molar-refractivity contribution < 1.29 is 4.92 Å². The molecule has 9 heteroatoms. The van der Waals surface area contributed by atoms with Crippen molar-refractivity contribution >= 4 is 11.5 Å². The van der Waals surface area contributed by atoms with E-state index in [1.54, 1.807) is 29.7 Å². The number of hydrogen-bond acceptors (Lipinski definition) is 6. The number of rotatable bonds is 5. The Morgan fingerprint density at radius 2 is 2.15 bits per heavy atom.